The topological polar surface area (TPSA) is 67.8 Å². The summed E-state index contributed by atoms with van der Waals surface area (Å²) in [6.45, 7) is 5.21. The fourth-order valence-electron chi connectivity index (χ4n) is 1.77. The minimum absolute atomic E-state index is 0.169. The van der Waals surface area contributed by atoms with Crippen LogP contribution in [0.1, 0.15) is 26.3 Å². The van der Waals surface area contributed by atoms with Crippen molar-refractivity contribution in [3.63, 3.8) is 0 Å². The van der Waals surface area contributed by atoms with Gasteiger partial charge in [0.25, 0.3) is 0 Å². The second kappa shape index (κ2) is 7.14. The third kappa shape index (κ3) is 5.48. The number of carbonyl (C=O) groups is 1. The average Bonchev–Trinajstić information content (AvgIpc) is 2.36. The second-order valence-corrected chi connectivity index (χ2v) is 5.54. The van der Waals surface area contributed by atoms with Crippen molar-refractivity contribution in [2.24, 2.45) is 0 Å². The normalized spacial score (nSPS) is 12.7. The molecule has 0 spiro atoms. The number of alkyl carbamates (subject to hydrolysis) is 1. The number of carbonyl (C=O) groups excluding carboxylic acids is 1. The lowest BCUT2D eigenvalue weighted by Gasteiger charge is -2.23. The molecule has 2 N–H and O–H groups in total. The quantitative estimate of drug-likeness (QED) is 0.867. The molecule has 5 nitrogen and oxygen atoms in total. The first-order valence-electron chi connectivity index (χ1n) is 6.58. The van der Waals surface area contributed by atoms with Gasteiger partial charge < -0.3 is 19.9 Å². The van der Waals surface area contributed by atoms with Gasteiger partial charge in [0.15, 0.2) is 0 Å². The maximum absolute atomic E-state index is 11.7. The Hall–Kier alpha value is -1.75. The molecule has 0 unspecified atom stereocenters. The highest BCUT2D eigenvalue weighted by atomic mass is 16.6. The van der Waals surface area contributed by atoms with E-state index in [4.69, 9.17) is 9.47 Å². The van der Waals surface area contributed by atoms with E-state index in [0.717, 1.165) is 11.3 Å². The number of methoxy groups -OCH3 is 1. The molecule has 1 rings (SSSR count). The Morgan fingerprint density at radius 1 is 1.35 bits per heavy atom. The molecule has 20 heavy (non-hydrogen) atoms. The zero-order valence-electron chi connectivity index (χ0n) is 12.5. The van der Waals surface area contributed by atoms with E-state index in [1.807, 2.05) is 24.3 Å². The maximum Gasteiger partial charge on any atom is 0.407 e. The molecular formula is C15H23NO4. The number of aliphatic hydroxyl groups is 1. The molecule has 0 fully saturated rings. The zero-order valence-corrected chi connectivity index (χ0v) is 12.5. The van der Waals surface area contributed by atoms with Crippen LogP contribution in [0.2, 0.25) is 0 Å². The van der Waals surface area contributed by atoms with Crippen LogP contribution in [-0.4, -0.2) is 36.6 Å². The molecule has 0 aliphatic carbocycles. The summed E-state index contributed by atoms with van der Waals surface area (Å²) < 4.78 is 10.4. The fourth-order valence-corrected chi connectivity index (χ4v) is 1.77. The number of ether oxygens (including phenoxy) is 2. The molecule has 0 saturated heterocycles. The van der Waals surface area contributed by atoms with Gasteiger partial charge in [-0.25, -0.2) is 4.79 Å². The lowest BCUT2D eigenvalue weighted by molar-refractivity contribution is 0.0482. The van der Waals surface area contributed by atoms with Crippen LogP contribution >= 0.6 is 0 Å². The average molecular weight is 281 g/mol. The molecule has 0 saturated carbocycles. The molecule has 0 radical (unpaired) electrons. The van der Waals surface area contributed by atoms with Crippen molar-refractivity contribution >= 4 is 6.09 Å². The van der Waals surface area contributed by atoms with Crippen LogP contribution in [0.4, 0.5) is 4.79 Å². The van der Waals surface area contributed by atoms with Crippen molar-refractivity contribution < 1.29 is 19.4 Å². The molecule has 1 aromatic carbocycles. The minimum atomic E-state index is -0.561. The summed E-state index contributed by atoms with van der Waals surface area (Å²) >= 11 is 0. The number of para-hydroxylation sites is 1. The second-order valence-electron chi connectivity index (χ2n) is 5.54. The van der Waals surface area contributed by atoms with Crippen LogP contribution in [0.25, 0.3) is 0 Å². The van der Waals surface area contributed by atoms with Crippen molar-refractivity contribution in [3.8, 4) is 5.75 Å². The van der Waals surface area contributed by atoms with Crippen LogP contribution in [0.5, 0.6) is 5.75 Å². The standard InChI is InChI=1S/C15H23NO4/c1-15(2,3)20-14(18)16-12(10-17)9-11-7-5-6-8-13(11)19-4/h5-8,12,17H,9-10H2,1-4H3,(H,16,18)/t12-/m0/s1. The lowest BCUT2D eigenvalue weighted by Crippen LogP contribution is -2.42. The Labute approximate surface area is 119 Å². The predicted octanol–water partition coefficient (Wildman–Crippen LogP) is 2.12. The Kier molecular flexibility index (Phi) is 5.82. The molecule has 0 aromatic heterocycles. The number of benzene rings is 1. The number of rotatable bonds is 5. The summed E-state index contributed by atoms with van der Waals surface area (Å²) in [5.74, 6) is 0.733. The van der Waals surface area contributed by atoms with E-state index >= 15 is 0 Å². The van der Waals surface area contributed by atoms with Crippen molar-refractivity contribution in [1.82, 2.24) is 5.32 Å². The molecule has 1 atom stereocenters. The van der Waals surface area contributed by atoms with Crippen LogP contribution in [0, 0.1) is 0 Å². The van der Waals surface area contributed by atoms with Crippen molar-refractivity contribution in [1.29, 1.82) is 0 Å². The van der Waals surface area contributed by atoms with Gasteiger partial charge in [-0.1, -0.05) is 18.2 Å². The smallest absolute Gasteiger partial charge is 0.407 e. The largest absolute Gasteiger partial charge is 0.496 e. The highest BCUT2D eigenvalue weighted by molar-refractivity contribution is 5.68. The molecular weight excluding hydrogens is 258 g/mol. The van der Waals surface area contributed by atoms with Crippen molar-refractivity contribution in [2.75, 3.05) is 13.7 Å². The maximum atomic E-state index is 11.7. The molecule has 1 aromatic rings. The SMILES string of the molecule is COc1ccccc1C[C@@H](CO)NC(=O)OC(C)(C)C. The van der Waals surface area contributed by atoms with Gasteiger partial charge in [0, 0.05) is 0 Å². The molecule has 0 bridgehead atoms. The van der Waals surface area contributed by atoms with E-state index in [2.05, 4.69) is 5.32 Å². The number of amides is 1. The summed E-state index contributed by atoms with van der Waals surface area (Å²) in [5.41, 5.74) is 0.360. The monoisotopic (exact) mass is 281 g/mol. The first kappa shape index (κ1) is 16.3. The molecule has 0 heterocycles. The Bertz CT molecular complexity index is 440. The van der Waals surface area contributed by atoms with Gasteiger partial charge in [-0.2, -0.15) is 0 Å². The van der Waals surface area contributed by atoms with Crippen LogP contribution in [0.15, 0.2) is 24.3 Å². The zero-order chi connectivity index (χ0) is 15.2. The van der Waals surface area contributed by atoms with Crippen LogP contribution in [0.3, 0.4) is 0 Å². The van der Waals surface area contributed by atoms with Crippen LogP contribution < -0.4 is 10.1 Å². The predicted molar refractivity (Wildman–Crippen MR) is 76.9 cm³/mol. The molecule has 0 aliphatic heterocycles. The molecule has 1 amide bonds. The highest BCUT2D eigenvalue weighted by Crippen LogP contribution is 2.19. The Balaban J connectivity index is 2.65. The molecule has 112 valence electrons. The lowest BCUT2D eigenvalue weighted by atomic mass is 10.1. The van der Waals surface area contributed by atoms with Gasteiger partial charge in [0.1, 0.15) is 11.4 Å². The fraction of sp³-hybridized carbons (Fsp3) is 0.533. The summed E-state index contributed by atoms with van der Waals surface area (Å²) in [6.07, 6.45) is -0.0637. The first-order chi connectivity index (χ1) is 9.35. The van der Waals surface area contributed by atoms with Gasteiger partial charge in [0.05, 0.1) is 19.8 Å². The van der Waals surface area contributed by atoms with E-state index in [-0.39, 0.29) is 6.61 Å². The number of hydrogen-bond acceptors (Lipinski definition) is 4. The van der Waals surface area contributed by atoms with Crippen LogP contribution in [-0.2, 0) is 11.2 Å². The van der Waals surface area contributed by atoms with E-state index < -0.39 is 17.7 Å². The number of nitrogens with one attached hydrogen (secondary N) is 1. The summed E-state index contributed by atoms with van der Waals surface area (Å²) in [4.78, 5) is 11.7. The Morgan fingerprint density at radius 2 is 2.00 bits per heavy atom. The van der Waals surface area contributed by atoms with Gasteiger partial charge in [-0.3, -0.25) is 0 Å². The van der Waals surface area contributed by atoms with Crippen molar-refractivity contribution in [3.05, 3.63) is 29.8 Å². The van der Waals surface area contributed by atoms with E-state index in [1.54, 1.807) is 27.9 Å². The summed E-state index contributed by atoms with van der Waals surface area (Å²) in [7, 11) is 1.59. The molecule has 0 aliphatic rings. The third-order valence-corrected chi connectivity index (χ3v) is 2.60. The third-order valence-electron chi connectivity index (χ3n) is 2.60. The van der Waals surface area contributed by atoms with E-state index in [9.17, 15) is 9.90 Å². The number of aliphatic hydroxyl groups excluding tert-OH is 1. The van der Waals surface area contributed by atoms with Crippen molar-refractivity contribution in [2.45, 2.75) is 38.8 Å². The van der Waals surface area contributed by atoms with E-state index in [0.29, 0.717) is 6.42 Å². The van der Waals surface area contributed by atoms with Gasteiger partial charge >= 0.3 is 6.09 Å². The first-order valence-corrected chi connectivity index (χ1v) is 6.58. The minimum Gasteiger partial charge on any atom is -0.496 e. The van der Waals surface area contributed by atoms with Gasteiger partial charge in [0.2, 0.25) is 0 Å². The summed E-state index contributed by atoms with van der Waals surface area (Å²) in [5, 5.41) is 12.0. The summed E-state index contributed by atoms with van der Waals surface area (Å²) in [6, 6.07) is 7.09. The van der Waals surface area contributed by atoms with E-state index in [1.165, 1.54) is 0 Å². The molecule has 5 heteroatoms. The number of hydrogen-bond donors (Lipinski definition) is 2. The van der Waals surface area contributed by atoms with Gasteiger partial charge in [-0.05, 0) is 38.8 Å². The van der Waals surface area contributed by atoms with Gasteiger partial charge in [-0.15, -0.1) is 0 Å². The highest BCUT2D eigenvalue weighted by Gasteiger charge is 2.20. The Morgan fingerprint density at radius 3 is 2.55 bits per heavy atom.